The molecule has 3 rings (SSSR count). The van der Waals surface area contributed by atoms with Crippen molar-refractivity contribution in [3.63, 3.8) is 0 Å². The number of hydrogen-bond acceptors (Lipinski definition) is 2. The third-order valence-corrected chi connectivity index (χ3v) is 4.54. The molecule has 1 aromatic carbocycles. The molecule has 0 aliphatic heterocycles. The van der Waals surface area contributed by atoms with Gasteiger partial charge in [0, 0.05) is 19.0 Å². The van der Waals surface area contributed by atoms with Gasteiger partial charge in [0.2, 0.25) is 0 Å². The predicted octanol–water partition coefficient (Wildman–Crippen LogP) is 2.90. The molecule has 19 heavy (non-hydrogen) atoms. The first-order chi connectivity index (χ1) is 9.24. The van der Waals surface area contributed by atoms with E-state index in [0.717, 1.165) is 19.5 Å². The molecule has 0 unspecified atom stereocenters. The molecule has 1 aliphatic rings. The number of rotatable bonds is 5. The van der Waals surface area contributed by atoms with E-state index in [4.69, 9.17) is 5.10 Å². The average Bonchev–Trinajstić information content (AvgIpc) is 2.70. The van der Waals surface area contributed by atoms with Gasteiger partial charge in [-0.05, 0) is 37.3 Å². The number of aryl methyl sites for hydroxylation is 1. The van der Waals surface area contributed by atoms with Crippen LogP contribution in [0.1, 0.15) is 31.9 Å². The highest BCUT2D eigenvalue weighted by molar-refractivity contribution is 5.81. The SMILES string of the molecule is CCNCC1(Cc2nn(C)c3ccccc23)CCC1. The Bertz CT molecular complexity index is 566. The van der Waals surface area contributed by atoms with Gasteiger partial charge < -0.3 is 5.32 Å². The molecule has 0 bridgehead atoms. The molecule has 0 saturated heterocycles. The fourth-order valence-corrected chi connectivity index (χ4v) is 3.26. The van der Waals surface area contributed by atoms with Crippen LogP contribution in [0.25, 0.3) is 10.9 Å². The summed E-state index contributed by atoms with van der Waals surface area (Å²) in [5.74, 6) is 0. The lowest BCUT2D eigenvalue weighted by Crippen LogP contribution is -2.41. The quantitative estimate of drug-likeness (QED) is 0.892. The molecule has 1 aromatic heterocycles. The fourth-order valence-electron chi connectivity index (χ4n) is 3.26. The van der Waals surface area contributed by atoms with E-state index < -0.39 is 0 Å². The van der Waals surface area contributed by atoms with Gasteiger partial charge in [0.15, 0.2) is 0 Å². The summed E-state index contributed by atoms with van der Waals surface area (Å²) >= 11 is 0. The van der Waals surface area contributed by atoms with Gasteiger partial charge in [0.05, 0.1) is 11.2 Å². The van der Waals surface area contributed by atoms with Gasteiger partial charge in [-0.2, -0.15) is 5.10 Å². The molecule has 1 N–H and O–H groups in total. The summed E-state index contributed by atoms with van der Waals surface area (Å²) in [7, 11) is 2.05. The number of fused-ring (bicyclic) bond motifs is 1. The summed E-state index contributed by atoms with van der Waals surface area (Å²) in [5, 5.41) is 9.61. The highest BCUT2D eigenvalue weighted by atomic mass is 15.3. The van der Waals surface area contributed by atoms with Crippen LogP contribution in [0.2, 0.25) is 0 Å². The standard InChI is InChI=1S/C16H23N3/c1-3-17-12-16(9-6-10-16)11-14-13-7-4-5-8-15(13)19(2)18-14/h4-5,7-8,17H,3,6,9-12H2,1-2H3. The number of nitrogens with zero attached hydrogens (tertiary/aromatic N) is 2. The first kappa shape index (κ1) is 12.7. The molecule has 1 heterocycles. The van der Waals surface area contributed by atoms with Crippen LogP contribution in [-0.2, 0) is 13.5 Å². The highest BCUT2D eigenvalue weighted by Gasteiger charge is 2.37. The third-order valence-electron chi connectivity index (χ3n) is 4.54. The Morgan fingerprint density at radius 1 is 1.32 bits per heavy atom. The summed E-state index contributed by atoms with van der Waals surface area (Å²) in [6.07, 6.45) is 5.16. The maximum Gasteiger partial charge on any atom is 0.0709 e. The molecule has 102 valence electrons. The predicted molar refractivity (Wildman–Crippen MR) is 79.2 cm³/mol. The van der Waals surface area contributed by atoms with E-state index in [2.05, 4.69) is 36.5 Å². The van der Waals surface area contributed by atoms with Gasteiger partial charge in [-0.15, -0.1) is 0 Å². The Balaban J connectivity index is 1.88. The van der Waals surface area contributed by atoms with Crippen molar-refractivity contribution in [3.05, 3.63) is 30.0 Å². The largest absolute Gasteiger partial charge is 0.316 e. The van der Waals surface area contributed by atoms with Gasteiger partial charge in [0.25, 0.3) is 0 Å². The van der Waals surface area contributed by atoms with Gasteiger partial charge in [0.1, 0.15) is 0 Å². The van der Waals surface area contributed by atoms with E-state index in [9.17, 15) is 0 Å². The minimum atomic E-state index is 0.452. The molecule has 0 spiro atoms. The Morgan fingerprint density at radius 3 is 2.79 bits per heavy atom. The van der Waals surface area contributed by atoms with Crippen molar-refractivity contribution in [1.29, 1.82) is 0 Å². The Morgan fingerprint density at radius 2 is 2.11 bits per heavy atom. The molecule has 3 heteroatoms. The summed E-state index contributed by atoms with van der Waals surface area (Å²) in [6.45, 7) is 4.38. The minimum absolute atomic E-state index is 0.452. The molecule has 1 fully saturated rings. The topological polar surface area (TPSA) is 29.9 Å². The summed E-state index contributed by atoms with van der Waals surface area (Å²) < 4.78 is 2.02. The molecule has 1 saturated carbocycles. The lowest BCUT2D eigenvalue weighted by molar-refractivity contribution is 0.130. The lowest BCUT2D eigenvalue weighted by Gasteiger charge is -2.42. The van der Waals surface area contributed by atoms with Gasteiger partial charge >= 0.3 is 0 Å². The van der Waals surface area contributed by atoms with Crippen molar-refractivity contribution in [2.24, 2.45) is 12.5 Å². The van der Waals surface area contributed by atoms with E-state index in [1.54, 1.807) is 0 Å². The fraction of sp³-hybridized carbons (Fsp3) is 0.562. The second-order valence-corrected chi connectivity index (χ2v) is 5.90. The zero-order valence-corrected chi connectivity index (χ0v) is 11.9. The molecule has 0 radical (unpaired) electrons. The van der Waals surface area contributed by atoms with Crippen LogP contribution in [0.3, 0.4) is 0 Å². The monoisotopic (exact) mass is 257 g/mol. The smallest absolute Gasteiger partial charge is 0.0709 e. The van der Waals surface area contributed by atoms with Crippen LogP contribution in [0.4, 0.5) is 0 Å². The molecule has 0 atom stereocenters. The Kier molecular flexibility index (Phi) is 3.31. The van der Waals surface area contributed by atoms with Crippen LogP contribution >= 0.6 is 0 Å². The van der Waals surface area contributed by atoms with Crippen molar-refractivity contribution < 1.29 is 0 Å². The van der Waals surface area contributed by atoms with Crippen molar-refractivity contribution in [2.75, 3.05) is 13.1 Å². The first-order valence-electron chi connectivity index (χ1n) is 7.35. The van der Waals surface area contributed by atoms with E-state index >= 15 is 0 Å². The van der Waals surface area contributed by atoms with E-state index in [1.165, 1.54) is 35.9 Å². The summed E-state index contributed by atoms with van der Waals surface area (Å²) in [6, 6.07) is 8.57. The Hall–Kier alpha value is -1.35. The summed E-state index contributed by atoms with van der Waals surface area (Å²) in [5.41, 5.74) is 2.97. The average molecular weight is 257 g/mol. The maximum absolute atomic E-state index is 4.75. The van der Waals surface area contributed by atoms with Crippen molar-refractivity contribution in [2.45, 2.75) is 32.6 Å². The molecule has 3 nitrogen and oxygen atoms in total. The zero-order chi connectivity index (χ0) is 13.3. The number of para-hydroxylation sites is 1. The van der Waals surface area contributed by atoms with Crippen LogP contribution in [0.15, 0.2) is 24.3 Å². The third kappa shape index (κ3) is 2.27. The Labute approximate surface area is 115 Å². The zero-order valence-electron chi connectivity index (χ0n) is 11.9. The van der Waals surface area contributed by atoms with Crippen LogP contribution in [0, 0.1) is 5.41 Å². The molecule has 0 amide bonds. The molecule has 2 aromatic rings. The van der Waals surface area contributed by atoms with Crippen molar-refractivity contribution in [1.82, 2.24) is 15.1 Å². The van der Waals surface area contributed by atoms with Gasteiger partial charge in [-0.3, -0.25) is 4.68 Å². The summed E-state index contributed by atoms with van der Waals surface area (Å²) in [4.78, 5) is 0. The number of aromatic nitrogens is 2. The van der Waals surface area contributed by atoms with E-state index in [1.807, 2.05) is 11.7 Å². The van der Waals surface area contributed by atoms with Gasteiger partial charge in [-0.1, -0.05) is 31.5 Å². The minimum Gasteiger partial charge on any atom is -0.316 e. The van der Waals surface area contributed by atoms with Crippen molar-refractivity contribution in [3.8, 4) is 0 Å². The molecule has 1 aliphatic carbocycles. The van der Waals surface area contributed by atoms with E-state index in [-0.39, 0.29) is 0 Å². The van der Waals surface area contributed by atoms with Crippen LogP contribution in [-0.4, -0.2) is 22.9 Å². The number of benzene rings is 1. The normalized spacial score (nSPS) is 17.6. The highest BCUT2D eigenvalue weighted by Crippen LogP contribution is 2.43. The van der Waals surface area contributed by atoms with Crippen LogP contribution in [0.5, 0.6) is 0 Å². The number of nitrogens with one attached hydrogen (secondary N) is 1. The maximum atomic E-state index is 4.75. The van der Waals surface area contributed by atoms with Crippen LogP contribution < -0.4 is 5.32 Å². The lowest BCUT2D eigenvalue weighted by atomic mass is 9.66. The van der Waals surface area contributed by atoms with Crippen molar-refractivity contribution >= 4 is 10.9 Å². The number of hydrogen-bond donors (Lipinski definition) is 1. The molecular weight excluding hydrogens is 234 g/mol. The first-order valence-corrected chi connectivity index (χ1v) is 7.35. The second kappa shape index (κ2) is 4.97. The second-order valence-electron chi connectivity index (χ2n) is 5.90. The van der Waals surface area contributed by atoms with E-state index in [0.29, 0.717) is 5.41 Å². The molecular formula is C16H23N3. The van der Waals surface area contributed by atoms with Gasteiger partial charge in [-0.25, -0.2) is 0 Å².